The molecule has 30 heavy (non-hydrogen) atoms. The molecule has 1 unspecified atom stereocenters. The van der Waals surface area contributed by atoms with Gasteiger partial charge in [0.05, 0.1) is 18.5 Å². The first-order valence-electron chi connectivity index (χ1n) is 9.79. The fourth-order valence-corrected chi connectivity index (χ4v) is 3.29. The molecule has 1 aliphatic rings. The number of aryl methyl sites for hydroxylation is 1. The van der Waals surface area contributed by atoms with Crippen molar-refractivity contribution >= 4 is 11.8 Å². The highest BCUT2D eigenvalue weighted by atomic mass is 16.6. The second kappa shape index (κ2) is 8.91. The van der Waals surface area contributed by atoms with E-state index in [1.54, 1.807) is 33.9 Å². The maximum absolute atomic E-state index is 12.3. The summed E-state index contributed by atoms with van der Waals surface area (Å²) in [7, 11) is 1.82. The Hall–Kier alpha value is -3.46. The van der Waals surface area contributed by atoms with Crippen molar-refractivity contribution < 1.29 is 14.3 Å². The summed E-state index contributed by atoms with van der Waals surface area (Å²) in [4.78, 5) is 24.3. The van der Waals surface area contributed by atoms with Gasteiger partial charge < -0.3 is 9.47 Å². The Kier molecular flexibility index (Phi) is 5.89. The van der Waals surface area contributed by atoms with E-state index in [1.165, 1.54) is 6.07 Å². The molecule has 1 atom stereocenters. The molecule has 1 saturated heterocycles. The lowest BCUT2D eigenvalue weighted by atomic mass is 10.1. The summed E-state index contributed by atoms with van der Waals surface area (Å²) in [5.41, 5.74) is 2.46. The van der Waals surface area contributed by atoms with E-state index in [-0.39, 0.29) is 18.1 Å². The van der Waals surface area contributed by atoms with E-state index in [0.717, 1.165) is 24.1 Å². The minimum absolute atomic E-state index is 0.0202. The molecule has 1 N–H and O–H groups in total. The Balaban J connectivity index is 1.42. The number of nitrogens with one attached hydrogen (secondary N) is 1. The van der Waals surface area contributed by atoms with Crippen molar-refractivity contribution in [2.75, 3.05) is 18.5 Å². The molecule has 9 heteroatoms. The molecule has 1 fully saturated rings. The zero-order valence-electron chi connectivity index (χ0n) is 16.7. The van der Waals surface area contributed by atoms with Gasteiger partial charge in [0, 0.05) is 38.0 Å². The van der Waals surface area contributed by atoms with Crippen molar-refractivity contribution in [1.82, 2.24) is 19.6 Å². The third-order valence-electron chi connectivity index (χ3n) is 4.81. The van der Waals surface area contributed by atoms with Gasteiger partial charge in [-0.2, -0.15) is 10.2 Å². The smallest absolute Gasteiger partial charge is 0.411 e. The zero-order valence-corrected chi connectivity index (χ0v) is 16.7. The Morgan fingerprint density at radius 3 is 3.03 bits per heavy atom. The molecular formula is C21H23N5O4. The molecule has 1 amide bonds. The number of hydrogen-bond donors (Lipinski definition) is 1. The fourth-order valence-electron chi connectivity index (χ4n) is 3.29. The Morgan fingerprint density at radius 1 is 1.37 bits per heavy atom. The lowest BCUT2D eigenvalue weighted by Gasteiger charge is -2.11. The largest absolute Gasteiger partial charge is 0.447 e. The van der Waals surface area contributed by atoms with Crippen molar-refractivity contribution in [2.45, 2.75) is 25.4 Å². The summed E-state index contributed by atoms with van der Waals surface area (Å²) in [6.45, 7) is 0.959. The number of hydrogen-bond acceptors (Lipinski definition) is 6. The van der Waals surface area contributed by atoms with Gasteiger partial charge in [-0.1, -0.05) is 12.1 Å². The monoisotopic (exact) mass is 409 g/mol. The van der Waals surface area contributed by atoms with Gasteiger partial charge in [-0.05, 0) is 30.5 Å². The number of aromatic nitrogens is 4. The predicted molar refractivity (Wildman–Crippen MR) is 110 cm³/mol. The van der Waals surface area contributed by atoms with Gasteiger partial charge >= 0.3 is 6.09 Å². The summed E-state index contributed by atoms with van der Waals surface area (Å²) >= 11 is 0. The molecule has 0 bridgehead atoms. The fraction of sp³-hybridized carbons (Fsp3) is 0.333. The van der Waals surface area contributed by atoms with E-state index in [9.17, 15) is 9.59 Å². The number of carbonyl (C=O) groups is 1. The van der Waals surface area contributed by atoms with E-state index in [4.69, 9.17) is 9.47 Å². The molecule has 0 spiro atoms. The lowest BCUT2D eigenvalue weighted by molar-refractivity contribution is 0.0484. The van der Waals surface area contributed by atoms with Gasteiger partial charge in [-0.15, -0.1) is 0 Å². The number of carbonyl (C=O) groups excluding carboxylic acids is 1. The Morgan fingerprint density at radius 2 is 2.27 bits per heavy atom. The quantitative estimate of drug-likeness (QED) is 0.670. The summed E-state index contributed by atoms with van der Waals surface area (Å²) in [6, 6.07) is 8.75. The summed E-state index contributed by atoms with van der Waals surface area (Å²) in [5, 5.41) is 11.3. The van der Waals surface area contributed by atoms with Gasteiger partial charge in [0.25, 0.3) is 0 Å². The first-order chi connectivity index (χ1) is 14.6. The molecule has 0 aliphatic carbocycles. The molecule has 1 aromatic carbocycles. The number of anilines is 1. The highest BCUT2D eigenvalue weighted by molar-refractivity contribution is 5.84. The molecule has 1 aliphatic heterocycles. The maximum atomic E-state index is 12.3. The summed E-state index contributed by atoms with van der Waals surface area (Å²) in [5.74, 6) is 0. The molecule has 156 valence electrons. The van der Waals surface area contributed by atoms with Crippen LogP contribution in [0.15, 0.2) is 53.7 Å². The van der Waals surface area contributed by atoms with E-state index >= 15 is 0 Å². The number of nitrogens with zero attached hydrogens (tertiary/aromatic N) is 4. The van der Waals surface area contributed by atoms with Crippen LogP contribution in [0.4, 0.5) is 10.5 Å². The average molecular weight is 409 g/mol. The van der Waals surface area contributed by atoms with Crippen LogP contribution in [0, 0.1) is 0 Å². The van der Waals surface area contributed by atoms with Crippen LogP contribution in [0.5, 0.6) is 0 Å². The van der Waals surface area contributed by atoms with Crippen molar-refractivity contribution in [1.29, 1.82) is 0 Å². The number of ether oxygens (including phenoxy) is 2. The highest BCUT2D eigenvalue weighted by Gasteiger charge is 2.17. The van der Waals surface area contributed by atoms with Crippen LogP contribution in [0.3, 0.4) is 0 Å². The van der Waals surface area contributed by atoms with Crippen LogP contribution in [-0.2, 0) is 22.9 Å². The summed E-state index contributed by atoms with van der Waals surface area (Å²) in [6.07, 6.45) is 6.79. The minimum atomic E-state index is -0.528. The molecule has 3 heterocycles. The van der Waals surface area contributed by atoms with E-state index in [0.29, 0.717) is 24.4 Å². The van der Waals surface area contributed by atoms with Gasteiger partial charge in [0.1, 0.15) is 18.0 Å². The highest BCUT2D eigenvalue weighted by Crippen LogP contribution is 2.15. The molecule has 2 aromatic heterocycles. The second-order valence-electron chi connectivity index (χ2n) is 7.18. The average Bonchev–Trinajstić information content (AvgIpc) is 3.40. The van der Waals surface area contributed by atoms with Crippen LogP contribution < -0.4 is 10.7 Å². The molecule has 9 nitrogen and oxygen atoms in total. The Labute approximate surface area is 173 Å². The van der Waals surface area contributed by atoms with Crippen LogP contribution in [0.1, 0.15) is 24.1 Å². The van der Waals surface area contributed by atoms with E-state index in [2.05, 4.69) is 15.5 Å². The Bertz CT molecular complexity index is 1080. The van der Waals surface area contributed by atoms with Crippen LogP contribution in [0.2, 0.25) is 0 Å². The van der Waals surface area contributed by atoms with Crippen LogP contribution in [0.25, 0.3) is 5.69 Å². The maximum Gasteiger partial charge on any atom is 0.411 e. The first-order valence-corrected chi connectivity index (χ1v) is 9.79. The van der Waals surface area contributed by atoms with E-state index < -0.39 is 6.09 Å². The molecule has 4 rings (SSSR count). The second-order valence-corrected chi connectivity index (χ2v) is 7.18. The van der Waals surface area contributed by atoms with Gasteiger partial charge in [-0.25, -0.2) is 9.48 Å². The van der Waals surface area contributed by atoms with Crippen molar-refractivity contribution in [3.63, 3.8) is 0 Å². The van der Waals surface area contributed by atoms with Gasteiger partial charge in [0.15, 0.2) is 0 Å². The standard InChI is InChI=1S/C21H23N5O4/c1-25-13-17(12-22-25)26-8-7-20(27)19(24-26)11-15-4-2-5-16(10-15)23-21(28)30-14-18-6-3-9-29-18/h2,4-5,7-8,10,12-13,18H,3,6,9,11,14H2,1H3,(H,23,28). The van der Waals surface area contributed by atoms with Crippen molar-refractivity contribution in [3.05, 3.63) is 70.4 Å². The topological polar surface area (TPSA) is 100 Å². The minimum Gasteiger partial charge on any atom is -0.447 e. The van der Waals surface area contributed by atoms with Crippen LogP contribution in [-0.4, -0.2) is 45.0 Å². The predicted octanol–water partition coefficient (Wildman–Crippen LogP) is 2.28. The van der Waals surface area contributed by atoms with Crippen molar-refractivity contribution in [3.8, 4) is 5.69 Å². The van der Waals surface area contributed by atoms with Gasteiger partial charge in [0.2, 0.25) is 5.43 Å². The molecule has 0 radical (unpaired) electrons. The third kappa shape index (κ3) is 4.93. The molecule has 3 aromatic rings. The lowest BCUT2D eigenvalue weighted by Crippen LogP contribution is -2.21. The first kappa shape index (κ1) is 19.8. The van der Waals surface area contributed by atoms with Gasteiger partial charge in [-0.3, -0.25) is 14.8 Å². The van der Waals surface area contributed by atoms with E-state index in [1.807, 2.05) is 25.4 Å². The van der Waals surface area contributed by atoms with Crippen molar-refractivity contribution in [2.24, 2.45) is 7.05 Å². The number of benzene rings is 1. The number of rotatable bonds is 6. The SMILES string of the molecule is Cn1cc(-n2ccc(=O)c(Cc3cccc(NC(=O)OCC4CCCO4)c3)n2)cn1. The zero-order chi connectivity index (χ0) is 20.9. The van der Waals surface area contributed by atoms with Crippen LogP contribution >= 0.6 is 0 Å². The summed E-state index contributed by atoms with van der Waals surface area (Å²) < 4.78 is 14.0. The normalized spacial score (nSPS) is 15.8. The number of amides is 1. The molecule has 0 saturated carbocycles. The molecular weight excluding hydrogens is 386 g/mol. The third-order valence-corrected chi connectivity index (χ3v) is 4.81.